The number of anilines is 1. The fraction of sp³-hybridized carbons (Fsp3) is 0.529. The number of nitrogens with one attached hydrogen (secondary N) is 2. The summed E-state index contributed by atoms with van der Waals surface area (Å²) >= 11 is 0. The van der Waals surface area contributed by atoms with Gasteiger partial charge in [0.05, 0.1) is 24.6 Å². The second-order valence-electron chi connectivity index (χ2n) is 6.32. The smallest absolute Gasteiger partial charge is 0.314 e. The number of carbonyl (C=O) groups excluding carboxylic acids is 2. The van der Waals surface area contributed by atoms with E-state index in [0.717, 1.165) is 30.5 Å². The normalized spacial score (nSPS) is 20.7. The van der Waals surface area contributed by atoms with Gasteiger partial charge in [0, 0.05) is 11.9 Å². The van der Waals surface area contributed by atoms with Crippen LogP contribution >= 0.6 is 0 Å². The number of amides is 1. The number of hydrogen-bond acceptors (Lipinski definition) is 5. The molecule has 0 bridgehead atoms. The van der Waals surface area contributed by atoms with Gasteiger partial charge in [-0.3, -0.25) is 9.59 Å². The van der Waals surface area contributed by atoms with E-state index in [0.29, 0.717) is 18.8 Å². The molecule has 7 nitrogen and oxygen atoms in total. The van der Waals surface area contributed by atoms with Crippen molar-refractivity contribution in [2.45, 2.75) is 24.7 Å². The summed E-state index contributed by atoms with van der Waals surface area (Å²) in [6, 6.07) is 6.18. The monoisotopic (exact) mass is 369 g/mol. The highest BCUT2D eigenvalue weighted by Crippen LogP contribution is 2.15. The lowest BCUT2D eigenvalue weighted by Gasteiger charge is -2.28. The second kappa shape index (κ2) is 8.44. The summed E-state index contributed by atoms with van der Waals surface area (Å²) in [6.45, 7) is 3.78. The molecule has 1 aromatic carbocycles. The molecule has 0 aliphatic carbocycles. The van der Waals surface area contributed by atoms with Crippen LogP contribution in [0.5, 0.6) is 0 Å². The molecule has 1 heterocycles. The van der Waals surface area contributed by atoms with Crippen molar-refractivity contribution in [3.63, 3.8) is 0 Å². The predicted octanol–water partition coefficient (Wildman–Crippen LogP) is -0.113. The fourth-order valence-corrected chi connectivity index (χ4v) is 3.68. The largest absolute Gasteiger partial charge is 0.466 e. The van der Waals surface area contributed by atoms with Crippen molar-refractivity contribution in [3.05, 3.63) is 24.3 Å². The lowest BCUT2D eigenvalue weighted by Crippen LogP contribution is -3.14. The standard InChI is InChI=1S/C17H24N2O5S/c1-3-24-17(21)13-6-5-9-19(11-13)12-16(20)18-14-7-4-8-15(10-14)25(2,22)23/h4,7-8,10,13H,3,5-6,9,11-12H2,1-2H3,(H,18,20)/p+1/t13-/m1/s1. The summed E-state index contributed by atoms with van der Waals surface area (Å²) < 4.78 is 28.2. The average molecular weight is 369 g/mol. The van der Waals surface area contributed by atoms with Crippen molar-refractivity contribution in [1.82, 2.24) is 0 Å². The number of piperidine rings is 1. The molecular weight excluding hydrogens is 344 g/mol. The first-order chi connectivity index (χ1) is 11.8. The molecule has 2 rings (SSSR count). The summed E-state index contributed by atoms with van der Waals surface area (Å²) in [6.07, 6.45) is 2.79. The lowest BCUT2D eigenvalue weighted by molar-refractivity contribution is -0.899. The van der Waals surface area contributed by atoms with Gasteiger partial charge in [0.1, 0.15) is 5.92 Å². The quantitative estimate of drug-likeness (QED) is 0.682. The average Bonchev–Trinajstić information content (AvgIpc) is 2.54. The van der Waals surface area contributed by atoms with Gasteiger partial charge in [-0.15, -0.1) is 0 Å². The Morgan fingerprint density at radius 2 is 2.12 bits per heavy atom. The molecular formula is C17H25N2O5S+. The van der Waals surface area contributed by atoms with Crippen LogP contribution in [0.1, 0.15) is 19.8 Å². The highest BCUT2D eigenvalue weighted by Gasteiger charge is 2.30. The number of sulfone groups is 1. The van der Waals surface area contributed by atoms with E-state index in [2.05, 4.69) is 5.32 Å². The lowest BCUT2D eigenvalue weighted by atomic mass is 9.98. The van der Waals surface area contributed by atoms with Crippen LogP contribution in [0.15, 0.2) is 29.2 Å². The third-order valence-corrected chi connectivity index (χ3v) is 5.30. The van der Waals surface area contributed by atoms with Gasteiger partial charge in [0.25, 0.3) is 5.91 Å². The molecule has 1 aromatic rings. The first-order valence-electron chi connectivity index (χ1n) is 8.39. The van der Waals surface area contributed by atoms with Gasteiger partial charge >= 0.3 is 5.97 Å². The molecule has 1 fully saturated rings. The van der Waals surface area contributed by atoms with Crippen molar-refractivity contribution < 1.29 is 27.6 Å². The van der Waals surface area contributed by atoms with E-state index in [1.807, 2.05) is 0 Å². The summed E-state index contributed by atoms with van der Waals surface area (Å²) in [5, 5.41) is 2.73. The van der Waals surface area contributed by atoms with Gasteiger partial charge in [-0.05, 0) is 38.0 Å². The number of ether oxygens (including phenoxy) is 1. The Bertz CT molecular complexity index is 732. The van der Waals surface area contributed by atoms with Gasteiger partial charge in [-0.25, -0.2) is 8.42 Å². The maximum absolute atomic E-state index is 12.2. The fourth-order valence-electron chi connectivity index (χ4n) is 3.01. The zero-order valence-corrected chi connectivity index (χ0v) is 15.4. The molecule has 1 amide bonds. The predicted molar refractivity (Wildman–Crippen MR) is 93.1 cm³/mol. The van der Waals surface area contributed by atoms with Crippen molar-refractivity contribution in [2.75, 3.05) is 37.8 Å². The molecule has 2 atom stereocenters. The minimum Gasteiger partial charge on any atom is -0.466 e. The van der Waals surface area contributed by atoms with Gasteiger partial charge in [-0.1, -0.05) is 6.07 Å². The zero-order chi connectivity index (χ0) is 18.4. The van der Waals surface area contributed by atoms with E-state index < -0.39 is 9.84 Å². The number of hydrogen-bond donors (Lipinski definition) is 2. The third-order valence-electron chi connectivity index (χ3n) is 4.19. The van der Waals surface area contributed by atoms with Crippen LogP contribution in [0.3, 0.4) is 0 Å². The number of benzene rings is 1. The summed E-state index contributed by atoms with van der Waals surface area (Å²) in [5.41, 5.74) is 0.450. The van der Waals surface area contributed by atoms with Crippen LogP contribution in [0.2, 0.25) is 0 Å². The number of rotatable bonds is 6. The second-order valence-corrected chi connectivity index (χ2v) is 8.34. The van der Waals surface area contributed by atoms with Gasteiger partial charge in [-0.2, -0.15) is 0 Å². The Balaban J connectivity index is 1.93. The molecule has 8 heteroatoms. The number of likely N-dealkylation sites (tertiary alicyclic amines) is 1. The third kappa shape index (κ3) is 5.82. The molecule has 0 radical (unpaired) electrons. The van der Waals surface area contributed by atoms with Crippen molar-refractivity contribution in [2.24, 2.45) is 5.92 Å². The first-order valence-corrected chi connectivity index (χ1v) is 10.3. The van der Waals surface area contributed by atoms with Gasteiger partial charge in [0.2, 0.25) is 0 Å². The van der Waals surface area contributed by atoms with Crippen LogP contribution < -0.4 is 10.2 Å². The Hall–Kier alpha value is -1.93. The Kier molecular flexibility index (Phi) is 6.55. The van der Waals surface area contributed by atoms with E-state index in [4.69, 9.17) is 4.74 Å². The van der Waals surface area contributed by atoms with Crippen molar-refractivity contribution in [1.29, 1.82) is 0 Å². The Labute approximate surface area is 148 Å². The minimum atomic E-state index is -3.32. The first kappa shape index (κ1) is 19.4. The maximum Gasteiger partial charge on any atom is 0.314 e. The van der Waals surface area contributed by atoms with Crippen LogP contribution in [-0.4, -0.2) is 52.8 Å². The highest BCUT2D eigenvalue weighted by molar-refractivity contribution is 7.90. The number of quaternary nitrogens is 1. The summed E-state index contributed by atoms with van der Waals surface area (Å²) in [4.78, 5) is 25.3. The van der Waals surface area contributed by atoms with E-state index in [9.17, 15) is 18.0 Å². The van der Waals surface area contributed by atoms with Crippen LogP contribution in [-0.2, 0) is 24.2 Å². The summed E-state index contributed by atoms with van der Waals surface area (Å²) in [5.74, 6) is -0.559. The molecule has 0 saturated carbocycles. The molecule has 138 valence electrons. The molecule has 1 aliphatic rings. The van der Waals surface area contributed by atoms with Gasteiger partial charge in [0.15, 0.2) is 16.4 Å². The molecule has 0 aromatic heterocycles. The van der Waals surface area contributed by atoms with E-state index >= 15 is 0 Å². The molecule has 1 aliphatic heterocycles. The Morgan fingerprint density at radius 3 is 2.80 bits per heavy atom. The van der Waals surface area contributed by atoms with E-state index in [1.165, 1.54) is 12.1 Å². The van der Waals surface area contributed by atoms with Crippen LogP contribution in [0.25, 0.3) is 0 Å². The number of carbonyl (C=O) groups is 2. The maximum atomic E-state index is 12.2. The highest BCUT2D eigenvalue weighted by atomic mass is 32.2. The minimum absolute atomic E-state index is 0.162. The topological polar surface area (TPSA) is 94.0 Å². The molecule has 0 spiro atoms. The number of esters is 1. The van der Waals surface area contributed by atoms with Crippen LogP contribution in [0, 0.1) is 5.92 Å². The van der Waals surface area contributed by atoms with Gasteiger partial charge < -0.3 is 15.0 Å². The summed E-state index contributed by atoms with van der Waals surface area (Å²) in [7, 11) is -3.32. The molecule has 25 heavy (non-hydrogen) atoms. The molecule has 1 unspecified atom stereocenters. The Morgan fingerprint density at radius 1 is 1.36 bits per heavy atom. The van der Waals surface area contributed by atoms with E-state index in [-0.39, 0.29) is 29.2 Å². The molecule has 1 saturated heterocycles. The van der Waals surface area contributed by atoms with E-state index in [1.54, 1.807) is 19.1 Å². The van der Waals surface area contributed by atoms with Crippen molar-refractivity contribution >= 4 is 27.4 Å². The molecule has 2 N–H and O–H groups in total. The van der Waals surface area contributed by atoms with Crippen LogP contribution in [0.4, 0.5) is 5.69 Å². The zero-order valence-electron chi connectivity index (χ0n) is 14.6. The SMILES string of the molecule is CCOC(=O)[C@@H]1CCC[NH+](CC(=O)Nc2cccc(S(C)(=O)=O)c2)C1. The van der Waals surface area contributed by atoms with Crippen molar-refractivity contribution in [3.8, 4) is 0 Å².